The Morgan fingerprint density at radius 2 is 1.92 bits per heavy atom. The van der Waals surface area contributed by atoms with Gasteiger partial charge in [-0.15, -0.1) is 0 Å². The highest BCUT2D eigenvalue weighted by Crippen LogP contribution is 2.19. The van der Waals surface area contributed by atoms with Gasteiger partial charge in [-0.3, -0.25) is 0 Å². The Labute approximate surface area is 70.8 Å². The summed E-state index contributed by atoms with van der Waals surface area (Å²) in [6, 6.07) is 0. The van der Waals surface area contributed by atoms with Gasteiger partial charge in [-0.2, -0.15) is 13.2 Å². The van der Waals surface area contributed by atoms with Gasteiger partial charge in [-0.1, -0.05) is 30.7 Å². The van der Waals surface area contributed by atoms with E-state index in [0.717, 1.165) is 18.1 Å². The summed E-state index contributed by atoms with van der Waals surface area (Å²) in [7, 11) is 0. The van der Waals surface area contributed by atoms with Crippen LogP contribution in [0.4, 0.5) is 13.2 Å². The lowest BCUT2D eigenvalue weighted by molar-refractivity contribution is -0.125. The van der Waals surface area contributed by atoms with Crippen LogP contribution >= 0.6 is 0 Å². The Balaban J connectivity index is 3.85. The molecule has 0 fully saturated rings. The zero-order valence-electron chi connectivity index (χ0n) is 7.28. The fourth-order valence-electron chi connectivity index (χ4n) is 0.768. The SMILES string of the molecule is CC/C=C(C)\C=C/CC(F)(F)F. The van der Waals surface area contributed by atoms with Gasteiger partial charge in [0.2, 0.25) is 0 Å². The summed E-state index contributed by atoms with van der Waals surface area (Å²) >= 11 is 0. The van der Waals surface area contributed by atoms with E-state index in [-0.39, 0.29) is 0 Å². The van der Waals surface area contributed by atoms with E-state index in [4.69, 9.17) is 0 Å². The first-order chi connectivity index (χ1) is 5.45. The molecule has 0 bridgehead atoms. The minimum atomic E-state index is -4.08. The van der Waals surface area contributed by atoms with E-state index >= 15 is 0 Å². The molecule has 0 aliphatic carbocycles. The maximum Gasteiger partial charge on any atom is 0.392 e. The summed E-state index contributed by atoms with van der Waals surface area (Å²) < 4.78 is 34.9. The van der Waals surface area contributed by atoms with E-state index in [9.17, 15) is 13.2 Å². The number of hydrogen-bond acceptors (Lipinski definition) is 0. The third-order valence-electron chi connectivity index (χ3n) is 1.26. The van der Waals surface area contributed by atoms with Crippen molar-refractivity contribution in [2.24, 2.45) is 0 Å². The zero-order valence-corrected chi connectivity index (χ0v) is 7.28. The van der Waals surface area contributed by atoms with E-state index in [1.54, 1.807) is 6.92 Å². The van der Waals surface area contributed by atoms with Gasteiger partial charge in [-0.25, -0.2) is 0 Å². The molecule has 0 rings (SSSR count). The van der Waals surface area contributed by atoms with Gasteiger partial charge in [0.25, 0.3) is 0 Å². The van der Waals surface area contributed by atoms with Crippen LogP contribution < -0.4 is 0 Å². The maximum atomic E-state index is 11.6. The van der Waals surface area contributed by atoms with Gasteiger partial charge >= 0.3 is 6.18 Å². The molecule has 0 aliphatic rings. The molecule has 0 aliphatic heterocycles. The lowest BCUT2D eigenvalue weighted by atomic mass is 10.2. The maximum absolute atomic E-state index is 11.6. The topological polar surface area (TPSA) is 0 Å². The first-order valence-electron chi connectivity index (χ1n) is 3.85. The second-order valence-electron chi connectivity index (χ2n) is 2.58. The average Bonchev–Trinajstić information content (AvgIpc) is 1.84. The molecule has 0 saturated heterocycles. The molecular formula is C9H13F3. The second kappa shape index (κ2) is 5.01. The summed E-state index contributed by atoms with van der Waals surface area (Å²) in [5.74, 6) is 0. The minimum Gasteiger partial charge on any atom is -0.171 e. The molecule has 0 heterocycles. The first-order valence-corrected chi connectivity index (χ1v) is 3.85. The molecule has 0 saturated carbocycles. The number of rotatable bonds is 3. The monoisotopic (exact) mass is 178 g/mol. The molecule has 0 aromatic carbocycles. The molecule has 0 unspecified atom stereocenters. The molecule has 0 N–H and O–H groups in total. The van der Waals surface area contributed by atoms with E-state index in [0.29, 0.717) is 0 Å². The van der Waals surface area contributed by atoms with E-state index in [1.165, 1.54) is 6.08 Å². The van der Waals surface area contributed by atoms with Crippen molar-refractivity contribution in [3.63, 3.8) is 0 Å². The Morgan fingerprint density at radius 1 is 1.33 bits per heavy atom. The van der Waals surface area contributed by atoms with Gasteiger partial charge in [0.15, 0.2) is 0 Å². The molecule has 0 nitrogen and oxygen atoms in total. The molecule has 70 valence electrons. The Hall–Kier alpha value is -0.730. The van der Waals surface area contributed by atoms with Crippen molar-refractivity contribution in [1.82, 2.24) is 0 Å². The lowest BCUT2D eigenvalue weighted by Gasteiger charge is -1.99. The Morgan fingerprint density at radius 3 is 2.33 bits per heavy atom. The Kier molecular flexibility index (Phi) is 4.71. The van der Waals surface area contributed by atoms with Gasteiger partial charge in [0, 0.05) is 0 Å². The molecule has 3 heteroatoms. The number of allylic oxidation sites excluding steroid dienone is 4. The second-order valence-corrected chi connectivity index (χ2v) is 2.58. The molecule has 12 heavy (non-hydrogen) atoms. The van der Waals surface area contributed by atoms with Crippen molar-refractivity contribution in [3.05, 3.63) is 23.8 Å². The lowest BCUT2D eigenvalue weighted by Crippen LogP contribution is -2.03. The molecule has 0 aromatic heterocycles. The van der Waals surface area contributed by atoms with Gasteiger partial charge in [0.05, 0.1) is 6.42 Å². The Bertz CT molecular complexity index is 175. The molecule has 0 atom stereocenters. The molecule has 0 amide bonds. The fraction of sp³-hybridized carbons (Fsp3) is 0.556. The van der Waals surface area contributed by atoms with Crippen LogP contribution in [0.5, 0.6) is 0 Å². The zero-order chi connectivity index (χ0) is 9.61. The predicted octanol–water partition coefficient (Wildman–Crippen LogP) is 3.85. The van der Waals surface area contributed by atoms with E-state index in [2.05, 4.69) is 0 Å². The predicted molar refractivity (Wildman–Crippen MR) is 43.9 cm³/mol. The van der Waals surface area contributed by atoms with E-state index in [1.807, 2.05) is 13.0 Å². The highest BCUT2D eigenvalue weighted by Gasteiger charge is 2.24. The summed E-state index contributed by atoms with van der Waals surface area (Å²) in [5, 5.41) is 0. The van der Waals surface area contributed by atoms with Crippen LogP contribution in [-0.2, 0) is 0 Å². The summed E-state index contributed by atoms with van der Waals surface area (Å²) in [4.78, 5) is 0. The normalized spacial score (nSPS) is 14.2. The highest BCUT2D eigenvalue weighted by atomic mass is 19.4. The molecule has 0 radical (unpaired) electrons. The van der Waals surface area contributed by atoms with Crippen molar-refractivity contribution < 1.29 is 13.2 Å². The van der Waals surface area contributed by atoms with Gasteiger partial charge in [-0.05, 0) is 13.3 Å². The van der Waals surface area contributed by atoms with Crippen molar-refractivity contribution >= 4 is 0 Å². The first kappa shape index (κ1) is 11.3. The quantitative estimate of drug-likeness (QED) is 0.576. The van der Waals surface area contributed by atoms with Crippen LogP contribution in [0.3, 0.4) is 0 Å². The van der Waals surface area contributed by atoms with Crippen molar-refractivity contribution in [2.75, 3.05) is 0 Å². The van der Waals surface area contributed by atoms with Crippen LogP contribution in [0.25, 0.3) is 0 Å². The molecule has 0 aromatic rings. The van der Waals surface area contributed by atoms with Crippen LogP contribution in [0, 0.1) is 0 Å². The van der Waals surface area contributed by atoms with Crippen LogP contribution in [0.15, 0.2) is 23.8 Å². The van der Waals surface area contributed by atoms with Crippen molar-refractivity contribution in [1.29, 1.82) is 0 Å². The summed E-state index contributed by atoms with van der Waals surface area (Å²) in [5.41, 5.74) is 0.877. The smallest absolute Gasteiger partial charge is 0.171 e. The molecular weight excluding hydrogens is 165 g/mol. The largest absolute Gasteiger partial charge is 0.392 e. The highest BCUT2D eigenvalue weighted by molar-refractivity contribution is 5.15. The number of alkyl halides is 3. The minimum absolute atomic E-state index is 0.845. The van der Waals surface area contributed by atoms with E-state index < -0.39 is 12.6 Å². The summed E-state index contributed by atoms with van der Waals surface area (Å²) in [6.45, 7) is 3.73. The third-order valence-corrected chi connectivity index (χ3v) is 1.26. The van der Waals surface area contributed by atoms with Crippen molar-refractivity contribution in [3.8, 4) is 0 Å². The molecule has 0 spiro atoms. The standard InChI is InChI=1S/C9H13F3/c1-3-5-8(2)6-4-7-9(10,11)12/h4-6H,3,7H2,1-2H3/b6-4-,8-5-. The number of halogens is 3. The number of hydrogen-bond donors (Lipinski definition) is 0. The van der Waals surface area contributed by atoms with Gasteiger partial charge in [0.1, 0.15) is 0 Å². The van der Waals surface area contributed by atoms with Crippen LogP contribution in [0.2, 0.25) is 0 Å². The van der Waals surface area contributed by atoms with Gasteiger partial charge < -0.3 is 0 Å². The van der Waals surface area contributed by atoms with Crippen LogP contribution in [0.1, 0.15) is 26.7 Å². The third kappa shape index (κ3) is 7.38. The fourth-order valence-corrected chi connectivity index (χ4v) is 0.768. The van der Waals surface area contributed by atoms with Crippen molar-refractivity contribution in [2.45, 2.75) is 32.9 Å². The average molecular weight is 178 g/mol. The summed E-state index contributed by atoms with van der Waals surface area (Å²) in [6.07, 6.45) is 0.443. The van der Waals surface area contributed by atoms with Crippen LogP contribution in [-0.4, -0.2) is 6.18 Å².